The maximum absolute atomic E-state index is 13.6. The van der Waals surface area contributed by atoms with Crippen LogP contribution in [0.5, 0.6) is 0 Å². The minimum atomic E-state index is -0.640. The summed E-state index contributed by atoms with van der Waals surface area (Å²) in [6.07, 6.45) is 3.26. The third-order valence-electron chi connectivity index (χ3n) is 3.93. The second-order valence-electron chi connectivity index (χ2n) is 5.51. The lowest BCUT2D eigenvalue weighted by Crippen LogP contribution is -2.30. The van der Waals surface area contributed by atoms with Gasteiger partial charge in [0.05, 0.1) is 6.10 Å². The molecule has 1 N–H and O–H groups in total. The summed E-state index contributed by atoms with van der Waals surface area (Å²) in [7, 11) is 2.02. The number of hydrogen-bond donors (Lipinski definition) is 1. The summed E-state index contributed by atoms with van der Waals surface area (Å²) in [4.78, 5) is 2.15. The van der Waals surface area contributed by atoms with Crippen molar-refractivity contribution in [3.8, 4) is 0 Å². The normalized spacial score (nSPS) is 17.4. The van der Waals surface area contributed by atoms with E-state index in [9.17, 15) is 9.50 Å². The van der Waals surface area contributed by atoms with E-state index in [1.54, 1.807) is 13.8 Å². The van der Waals surface area contributed by atoms with Gasteiger partial charge in [0.25, 0.3) is 0 Å². The van der Waals surface area contributed by atoms with Gasteiger partial charge in [-0.25, -0.2) is 4.39 Å². The maximum atomic E-state index is 13.6. The largest absolute Gasteiger partial charge is 0.389 e. The number of aliphatic hydroxyl groups is 1. The van der Waals surface area contributed by atoms with E-state index in [0.717, 1.165) is 18.2 Å². The lowest BCUT2D eigenvalue weighted by molar-refractivity contribution is 0.199. The van der Waals surface area contributed by atoms with Gasteiger partial charge in [0.2, 0.25) is 0 Å². The van der Waals surface area contributed by atoms with Crippen molar-refractivity contribution in [3.63, 3.8) is 0 Å². The Morgan fingerprint density at radius 1 is 1.44 bits per heavy atom. The standard InChI is InChI=1S/C15H22FNO/c1-10-7-15(13(11(2)18)8-14(10)16)17(3)9-12-5-4-6-12/h7-8,11-12,18H,4-6,9H2,1-3H3/t11-/m1/s1. The molecule has 1 aliphatic carbocycles. The van der Waals surface area contributed by atoms with Crippen LogP contribution in [0, 0.1) is 18.7 Å². The fraction of sp³-hybridized carbons (Fsp3) is 0.600. The quantitative estimate of drug-likeness (QED) is 0.886. The molecule has 0 unspecified atom stereocenters. The average molecular weight is 251 g/mol. The first kappa shape index (κ1) is 13.3. The fourth-order valence-electron chi connectivity index (χ4n) is 2.51. The van der Waals surface area contributed by atoms with E-state index in [4.69, 9.17) is 0 Å². The van der Waals surface area contributed by atoms with Gasteiger partial charge >= 0.3 is 0 Å². The van der Waals surface area contributed by atoms with Crippen molar-refractivity contribution in [2.24, 2.45) is 5.92 Å². The van der Waals surface area contributed by atoms with E-state index in [1.807, 2.05) is 13.1 Å². The first-order valence-corrected chi connectivity index (χ1v) is 6.68. The summed E-state index contributed by atoms with van der Waals surface area (Å²) in [6.45, 7) is 4.44. The molecule has 100 valence electrons. The summed E-state index contributed by atoms with van der Waals surface area (Å²) in [6, 6.07) is 3.31. The molecule has 0 heterocycles. The average Bonchev–Trinajstić information content (AvgIpc) is 2.26. The summed E-state index contributed by atoms with van der Waals surface area (Å²) >= 11 is 0. The number of aryl methyl sites for hydroxylation is 1. The predicted octanol–water partition coefficient (Wildman–Crippen LogP) is 3.42. The Labute approximate surface area is 108 Å². The predicted molar refractivity (Wildman–Crippen MR) is 72.4 cm³/mol. The molecular weight excluding hydrogens is 229 g/mol. The van der Waals surface area contributed by atoms with E-state index in [1.165, 1.54) is 25.3 Å². The first-order valence-electron chi connectivity index (χ1n) is 6.68. The van der Waals surface area contributed by atoms with Crippen LogP contribution >= 0.6 is 0 Å². The number of hydrogen-bond acceptors (Lipinski definition) is 2. The molecule has 2 nitrogen and oxygen atoms in total. The monoisotopic (exact) mass is 251 g/mol. The van der Waals surface area contributed by atoms with Crippen molar-refractivity contribution < 1.29 is 9.50 Å². The molecule has 1 aliphatic rings. The van der Waals surface area contributed by atoms with E-state index in [-0.39, 0.29) is 5.82 Å². The zero-order chi connectivity index (χ0) is 13.3. The van der Waals surface area contributed by atoms with Gasteiger partial charge in [0.1, 0.15) is 5.82 Å². The summed E-state index contributed by atoms with van der Waals surface area (Å²) in [5, 5.41) is 9.78. The SMILES string of the molecule is Cc1cc(N(C)CC2CCC2)c([C@@H](C)O)cc1F. The minimum absolute atomic E-state index is 0.244. The zero-order valence-corrected chi connectivity index (χ0v) is 11.4. The fourth-order valence-corrected chi connectivity index (χ4v) is 2.51. The minimum Gasteiger partial charge on any atom is -0.389 e. The van der Waals surface area contributed by atoms with Crippen molar-refractivity contribution in [2.75, 3.05) is 18.5 Å². The molecule has 2 rings (SSSR count). The Bertz CT molecular complexity index is 427. The van der Waals surface area contributed by atoms with E-state index < -0.39 is 6.10 Å². The first-order chi connectivity index (χ1) is 8.49. The Morgan fingerprint density at radius 2 is 2.11 bits per heavy atom. The highest BCUT2D eigenvalue weighted by molar-refractivity contribution is 5.56. The number of rotatable bonds is 4. The van der Waals surface area contributed by atoms with Gasteiger partial charge in [0.15, 0.2) is 0 Å². The molecule has 0 spiro atoms. The van der Waals surface area contributed by atoms with Crippen LogP contribution in [0.25, 0.3) is 0 Å². The van der Waals surface area contributed by atoms with Gasteiger partial charge in [-0.2, -0.15) is 0 Å². The topological polar surface area (TPSA) is 23.5 Å². The van der Waals surface area contributed by atoms with Crippen molar-refractivity contribution in [3.05, 3.63) is 29.1 Å². The molecule has 0 amide bonds. The number of anilines is 1. The van der Waals surface area contributed by atoms with Gasteiger partial charge < -0.3 is 10.0 Å². The molecule has 1 fully saturated rings. The van der Waals surface area contributed by atoms with Gasteiger partial charge in [-0.3, -0.25) is 0 Å². The van der Waals surface area contributed by atoms with Crippen LogP contribution in [0.2, 0.25) is 0 Å². The third kappa shape index (κ3) is 2.66. The van der Waals surface area contributed by atoms with Gasteiger partial charge in [-0.1, -0.05) is 6.42 Å². The van der Waals surface area contributed by atoms with E-state index >= 15 is 0 Å². The second kappa shape index (κ2) is 5.27. The van der Waals surface area contributed by atoms with Crippen LogP contribution in [0.15, 0.2) is 12.1 Å². The van der Waals surface area contributed by atoms with Crippen LogP contribution in [0.4, 0.5) is 10.1 Å². The number of benzene rings is 1. The second-order valence-corrected chi connectivity index (χ2v) is 5.51. The zero-order valence-electron chi connectivity index (χ0n) is 11.4. The smallest absolute Gasteiger partial charge is 0.126 e. The van der Waals surface area contributed by atoms with Crippen molar-refractivity contribution in [2.45, 2.75) is 39.2 Å². The molecule has 18 heavy (non-hydrogen) atoms. The van der Waals surface area contributed by atoms with Gasteiger partial charge in [-0.15, -0.1) is 0 Å². The number of aliphatic hydroxyl groups excluding tert-OH is 1. The van der Waals surface area contributed by atoms with Crippen LogP contribution < -0.4 is 4.90 Å². The Kier molecular flexibility index (Phi) is 3.91. The van der Waals surface area contributed by atoms with Crippen LogP contribution in [-0.2, 0) is 0 Å². The lowest BCUT2D eigenvalue weighted by Gasteiger charge is -2.33. The number of halogens is 1. The third-order valence-corrected chi connectivity index (χ3v) is 3.93. The van der Waals surface area contributed by atoms with Crippen LogP contribution in [-0.4, -0.2) is 18.7 Å². The number of nitrogens with zero attached hydrogens (tertiary/aromatic N) is 1. The molecule has 3 heteroatoms. The molecule has 0 aromatic heterocycles. The highest BCUT2D eigenvalue weighted by atomic mass is 19.1. The molecule has 1 aromatic carbocycles. The van der Waals surface area contributed by atoms with E-state index in [2.05, 4.69) is 4.90 Å². The van der Waals surface area contributed by atoms with E-state index in [0.29, 0.717) is 11.1 Å². The van der Waals surface area contributed by atoms with Gasteiger partial charge in [0, 0.05) is 24.8 Å². The molecular formula is C15H22FNO. The lowest BCUT2D eigenvalue weighted by atomic mass is 9.85. The van der Waals surface area contributed by atoms with Crippen LogP contribution in [0.3, 0.4) is 0 Å². The van der Waals surface area contributed by atoms with Crippen LogP contribution in [0.1, 0.15) is 43.4 Å². The van der Waals surface area contributed by atoms with Crippen molar-refractivity contribution in [1.29, 1.82) is 0 Å². The van der Waals surface area contributed by atoms with Crippen molar-refractivity contribution in [1.82, 2.24) is 0 Å². The molecule has 1 aromatic rings. The Balaban J connectivity index is 2.25. The molecule has 1 saturated carbocycles. The van der Waals surface area contributed by atoms with Gasteiger partial charge in [-0.05, 0) is 50.3 Å². The summed E-state index contributed by atoms with van der Waals surface area (Å²) in [5.41, 5.74) is 2.27. The highest BCUT2D eigenvalue weighted by Gasteiger charge is 2.21. The maximum Gasteiger partial charge on any atom is 0.126 e. The molecule has 0 aliphatic heterocycles. The summed E-state index contributed by atoms with van der Waals surface area (Å²) in [5.74, 6) is 0.508. The molecule has 0 radical (unpaired) electrons. The molecule has 0 saturated heterocycles. The Hall–Kier alpha value is -1.09. The molecule has 1 atom stereocenters. The highest BCUT2D eigenvalue weighted by Crippen LogP contribution is 2.32. The molecule has 0 bridgehead atoms. The van der Waals surface area contributed by atoms with Crippen molar-refractivity contribution >= 4 is 5.69 Å². The Morgan fingerprint density at radius 3 is 2.61 bits per heavy atom. The summed E-state index contributed by atoms with van der Waals surface area (Å²) < 4.78 is 13.6.